The number of hydrogen-bond acceptors (Lipinski definition) is 2. The fraction of sp³-hybridized carbons (Fsp3) is 0.667. The summed E-state index contributed by atoms with van der Waals surface area (Å²) in [4.78, 5) is 0. The highest BCUT2D eigenvalue weighted by molar-refractivity contribution is 5.22. The maximum Gasteiger partial charge on any atom is 0.0684 e. The fourth-order valence-corrected chi connectivity index (χ4v) is 4.18. The van der Waals surface area contributed by atoms with Crippen molar-refractivity contribution in [2.24, 2.45) is 11.3 Å². The van der Waals surface area contributed by atoms with Crippen LogP contribution in [0.1, 0.15) is 37.8 Å². The molecule has 0 amide bonds. The smallest absolute Gasteiger partial charge is 0.0684 e. The fourth-order valence-electron chi connectivity index (χ4n) is 4.18. The SMILES string of the molecule is Cc1cccc(CCNC2C3CCCOC3C2(C)C)c1. The van der Waals surface area contributed by atoms with Crippen LogP contribution in [0.15, 0.2) is 24.3 Å². The first-order valence-electron chi connectivity index (χ1n) is 7.99. The number of hydrogen-bond donors (Lipinski definition) is 1. The minimum Gasteiger partial charge on any atom is -0.377 e. The van der Waals surface area contributed by atoms with Crippen molar-refractivity contribution in [3.8, 4) is 0 Å². The van der Waals surface area contributed by atoms with E-state index in [2.05, 4.69) is 50.4 Å². The maximum atomic E-state index is 5.96. The van der Waals surface area contributed by atoms with Gasteiger partial charge >= 0.3 is 0 Å². The predicted octanol–water partition coefficient (Wildman–Crippen LogP) is 3.33. The average molecular weight is 273 g/mol. The van der Waals surface area contributed by atoms with Crippen LogP contribution in [0.2, 0.25) is 0 Å². The number of rotatable bonds is 4. The lowest BCUT2D eigenvalue weighted by Crippen LogP contribution is -2.69. The number of ether oxygens (including phenoxy) is 1. The molecule has 3 unspecified atom stereocenters. The lowest BCUT2D eigenvalue weighted by atomic mass is 9.55. The van der Waals surface area contributed by atoms with E-state index < -0.39 is 0 Å². The highest BCUT2D eigenvalue weighted by atomic mass is 16.5. The molecule has 1 saturated heterocycles. The van der Waals surface area contributed by atoms with E-state index in [1.165, 1.54) is 24.0 Å². The van der Waals surface area contributed by atoms with Gasteiger partial charge in [-0.1, -0.05) is 43.7 Å². The van der Waals surface area contributed by atoms with E-state index in [-0.39, 0.29) is 5.41 Å². The number of aryl methyl sites for hydroxylation is 1. The Labute approximate surface area is 122 Å². The third kappa shape index (κ3) is 2.51. The van der Waals surface area contributed by atoms with Crippen LogP contribution in [0.4, 0.5) is 0 Å². The van der Waals surface area contributed by atoms with Gasteiger partial charge in [0.2, 0.25) is 0 Å². The topological polar surface area (TPSA) is 21.3 Å². The summed E-state index contributed by atoms with van der Waals surface area (Å²) in [6, 6.07) is 9.46. The highest BCUT2D eigenvalue weighted by Crippen LogP contribution is 2.51. The maximum absolute atomic E-state index is 5.96. The van der Waals surface area contributed by atoms with Gasteiger partial charge in [0.1, 0.15) is 0 Å². The molecule has 1 aromatic carbocycles. The molecule has 0 spiro atoms. The Morgan fingerprint density at radius 3 is 3.00 bits per heavy atom. The van der Waals surface area contributed by atoms with Gasteiger partial charge in [-0.15, -0.1) is 0 Å². The summed E-state index contributed by atoms with van der Waals surface area (Å²) in [6.07, 6.45) is 4.16. The van der Waals surface area contributed by atoms with Gasteiger partial charge in [-0.25, -0.2) is 0 Å². The first-order valence-corrected chi connectivity index (χ1v) is 7.99. The van der Waals surface area contributed by atoms with Gasteiger partial charge in [0, 0.05) is 24.0 Å². The second-order valence-electron chi connectivity index (χ2n) is 7.09. The van der Waals surface area contributed by atoms with Crippen LogP contribution >= 0.6 is 0 Å². The molecule has 0 aromatic heterocycles. The Hall–Kier alpha value is -0.860. The van der Waals surface area contributed by atoms with Crippen LogP contribution in [0.3, 0.4) is 0 Å². The molecule has 2 aliphatic rings. The van der Waals surface area contributed by atoms with Gasteiger partial charge < -0.3 is 10.1 Å². The highest BCUT2D eigenvalue weighted by Gasteiger charge is 2.57. The molecule has 1 N–H and O–H groups in total. The molecule has 3 atom stereocenters. The van der Waals surface area contributed by atoms with E-state index >= 15 is 0 Å². The number of fused-ring (bicyclic) bond motifs is 1. The molecule has 20 heavy (non-hydrogen) atoms. The average Bonchev–Trinajstić information content (AvgIpc) is 2.43. The standard InChI is InChI=1S/C18H27NO/c1-13-6-4-7-14(12-13)9-10-19-16-15-8-5-11-20-17(15)18(16,2)3/h4,6-7,12,15-17,19H,5,8-11H2,1-3H3. The molecule has 0 bridgehead atoms. The molecule has 2 fully saturated rings. The predicted molar refractivity (Wildman–Crippen MR) is 82.9 cm³/mol. The van der Waals surface area contributed by atoms with E-state index in [1.807, 2.05) is 0 Å². The Morgan fingerprint density at radius 2 is 2.20 bits per heavy atom. The zero-order valence-corrected chi connectivity index (χ0v) is 13.0. The summed E-state index contributed by atoms with van der Waals surface area (Å²) in [6.45, 7) is 8.89. The molecule has 1 saturated carbocycles. The zero-order valence-electron chi connectivity index (χ0n) is 13.0. The summed E-state index contributed by atoms with van der Waals surface area (Å²) in [5.74, 6) is 0.733. The Balaban J connectivity index is 1.53. The lowest BCUT2D eigenvalue weighted by Gasteiger charge is -2.60. The van der Waals surface area contributed by atoms with Crippen molar-refractivity contribution >= 4 is 0 Å². The number of nitrogens with one attached hydrogen (secondary N) is 1. The van der Waals surface area contributed by atoms with Gasteiger partial charge in [-0.3, -0.25) is 0 Å². The quantitative estimate of drug-likeness (QED) is 0.908. The third-order valence-corrected chi connectivity index (χ3v) is 5.19. The van der Waals surface area contributed by atoms with Crippen LogP contribution in [-0.2, 0) is 11.2 Å². The molecule has 1 aliphatic carbocycles. The molecule has 1 aliphatic heterocycles. The summed E-state index contributed by atoms with van der Waals surface area (Å²) < 4.78 is 5.96. The van der Waals surface area contributed by atoms with Crippen molar-refractivity contribution in [3.63, 3.8) is 0 Å². The van der Waals surface area contributed by atoms with Crippen molar-refractivity contribution in [3.05, 3.63) is 35.4 Å². The van der Waals surface area contributed by atoms with Gasteiger partial charge in [-0.05, 0) is 38.3 Å². The van der Waals surface area contributed by atoms with Crippen LogP contribution in [0.25, 0.3) is 0 Å². The first-order chi connectivity index (χ1) is 9.59. The minimum atomic E-state index is 0.289. The van der Waals surface area contributed by atoms with E-state index in [1.54, 1.807) is 0 Å². The zero-order chi connectivity index (χ0) is 14.2. The molecule has 1 aromatic rings. The largest absolute Gasteiger partial charge is 0.377 e. The molecule has 1 heterocycles. The van der Waals surface area contributed by atoms with Gasteiger partial charge in [0.05, 0.1) is 6.10 Å². The molecule has 2 heteroatoms. The minimum absolute atomic E-state index is 0.289. The van der Waals surface area contributed by atoms with Crippen molar-refractivity contribution in [1.82, 2.24) is 5.32 Å². The van der Waals surface area contributed by atoms with E-state index in [0.717, 1.165) is 25.5 Å². The normalized spacial score (nSPS) is 31.4. The monoisotopic (exact) mass is 273 g/mol. The summed E-state index contributed by atoms with van der Waals surface area (Å²) in [5, 5.41) is 3.80. The second kappa shape index (κ2) is 5.50. The van der Waals surface area contributed by atoms with Gasteiger partial charge in [0.15, 0.2) is 0 Å². The lowest BCUT2D eigenvalue weighted by molar-refractivity contribution is -0.192. The van der Waals surface area contributed by atoms with Crippen LogP contribution in [0, 0.1) is 18.3 Å². The Morgan fingerprint density at radius 1 is 1.35 bits per heavy atom. The van der Waals surface area contributed by atoms with Gasteiger partial charge in [-0.2, -0.15) is 0 Å². The molecule has 3 rings (SSSR count). The van der Waals surface area contributed by atoms with E-state index in [0.29, 0.717) is 12.1 Å². The second-order valence-corrected chi connectivity index (χ2v) is 7.09. The molecular formula is C18H27NO. The van der Waals surface area contributed by atoms with Crippen LogP contribution in [-0.4, -0.2) is 25.3 Å². The first kappa shape index (κ1) is 14.1. The molecular weight excluding hydrogens is 246 g/mol. The van der Waals surface area contributed by atoms with Crippen molar-refractivity contribution < 1.29 is 4.74 Å². The Kier molecular flexibility index (Phi) is 3.87. The van der Waals surface area contributed by atoms with Crippen molar-refractivity contribution in [1.29, 1.82) is 0 Å². The summed E-state index contributed by atoms with van der Waals surface area (Å²) in [5.41, 5.74) is 3.08. The molecule has 2 nitrogen and oxygen atoms in total. The Bertz CT molecular complexity index is 468. The van der Waals surface area contributed by atoms with E-state index in [9.17, 15) is 0 Å². The van der Waals surface area contributed by atoms with E-state index in [4.69, 9.17) is 4.74 Å². The number of benzene rings is 1. The summed E-state index contributed by atoms with van der Waals surface area (Å²) in [7, 11) is 0. The van der Waals surface area contributed by atoms with Crippen molar-refractivity contribution in [2.75, 3.05) is 13.2 Å². The van der Waals surface area contributed by atoms with Crippen LogP contribution < -0.4 is 5.32 Å². The van der Waals surface area contributed by atoms with Crippen LogP contribution in [0.5, 0.6) is 0 Å². The molecule has 0 radical (unpaired) electrons. The van der Waals surface area contributed by atoms with Crippen molar-refractivity contribution in [2.45, 2.75) is 52.2 Å². The molecule has 110 valence electrons. The van der Waals surface area contributed by atoms with Gasteiger partial charge in [0.25, 0.3) is 0 Å². The summed E-state index contributed by atoms with van der Waals surface area (Å²) >= 11 is 0. The third-order valence-electron chi connectivity index (χ3n) is 5.19.